The molecule has 100 valence electrons. The second kappa shape index (κ2) is 5.05. The summed E-state index contributed by atoms with van der Waals surface area (Å²) in [4.78, 5) is 0. The predicted molar refractivity (Wildman–Crippen MR) is 75.0 cm³/mol. The summed E-state index contributed by atoms with van der Waals surface area (Å²) in [7, 11) is 1.98. The highest BCUT2D eigenvalue weighted by molar-refractivity contribution is 5.67. The summed E-state index contributed by atoms with van der Waals surface area (Å²) in [5.41, 5.74) is 3.37. The minimum Gasteiger partial charge on any atom is -0.508 e. The smallest absolute Gasteiger partial charge is 0.116 e. The SMILES string of the molecule is Cn1ncc(-c2cccc(O)c2)c1CC1CCCN1. The third-order valence-electron chi connectivity index (χ3n) is 3.82. The number of aryl methyl sites for hydroxylation is 1. The molecular formula is C15H19N3O. The molecule has 2 N–H and O–H groups in total. The molecule has 0 saturated carbocycles. The monoisotopic (exact) mass is 257 g/mol. The van der Waals surface area contributed by atoms with Crippen LogP contribution in [0.5, 0.6) is 5.75 Å². The number of rotatable bonds is 3. The van der Waals surface area contributed by atoms with E-state index in [2.05, 4.69) is 10.4 Å². The molecule has 1 atom stereocenters. The molecule has 3 rings (SSSR count). The summed E-state index contributed by atoms with van der Waals surface area (Å²) in [6, 6.07) is 7.92. The average Bonchev–Trinajstić information content (AvgIpc) is 3.01. The van der Waals surface area contributed by atoms with Crippen LogP contribution >= 0.6 is 0 Å². The molecule has 1 aromatic heterocycles. The van der Waals surface area contributed by atoms with Crippen molar-refractivity contribution < 1.29 is 5.11 Å². The number of nitrogens with zero attached hydrogens (tertiary/aromatic N) is 2. The van der Waals surface area contributed by atoms with Gasteiger partial charge in [-0.15, -0.1) is 0 Å². The molecule has 1 aliphatic heterocycles. The van der Waals surface area contributed by atoms with Crippen molar-refractivity contribution in [3.05, 3.63) is 36.2 Å². The fraction of sp³-hybridized carbons (Fsp3) is 0.400. The van der Waals surface area contributed by atoms with Crippen LogP contribution in [0.4, 0.5) is 0 Å². The van der Waals surface area contributed by atoms with Gasteiger partial charge in [-0.2, -0.15) is 5.10 Å². The number of phenolic OH excluding ortho intramolecular Hbond substituents is 1. The van der Waals surface area contributed by atoms with E-state index in [0.29, 0.717) is 11.8 Å². The number of hydrogen-bond acceptors (Lipinski definition) is 3. The molecule has 1 saturated heterocycles. The lowest BCUT2D eigenvalue weighted by molar-refractivity contribution is 0.475. The van der Waals surface area contributed by atoms with Gasteiger partial charge in [-0.3, -0.25) is 4.68 Å². The maximum absolute atomic E-state index is 9.62. The Morgan fingerprint density at radius 1 is 1.47 bits per heavy atom. The molecule has 1 fully saturated rings. The van der Waals surface area contributed by atoms with Crippen molar-refractivity contribution in [3.8, 4) is 16.9 Å². The number of benzene rings is 1. The molecule has 2 aromatic rings. The predicted octanol–water partition coefficient (Wildman–Crippen LogP) is 2.09. The molecule has 4 heteroatoms. The summed E-state index contributed by atoms with van der Waals surface area (Å²) in [6.45, 7) is 1.12. The summed E-state index contributed by atoms with van der Waals surface area (Å²) in [5.74, 6) is 0.297. The van der Waals surface area contributed by atoms with Gasteiger partial charge in [0.25, 0.3) is 0 Å². The van der Waals surface area contributed by atoms with E-state index in [-0.39, 0.29) is 0 Å². The maximum atomic E-state index is 9.62. The normalized spacial score (nSPS) is 18.9. The van der Waals surface area contributed by atoms with E-state index in [1.807, 2.05) is 30.1 Å². The van der Waals surface area contributed by atoms with Crippen molar-refractivity contribution in [3.63, 3.8) is 0 Å². The van der Waals surface area contributed by atoms with E-state index < -0.39 is 0 Å². The van der Waals surface area contributed by atoms with Gasteiger partial charge >= 0.3 is 0 Å². The molecule has 0 amide bonds. The first-order valence-corrected chi connectivity index (χ1v) is 6.77. The molecule has 1 unspecified atom stereocenters. The van der Waals surface area contributed by atoms with Gasteiger partial charge < -0.3 is 10.4 Å². The van der Waals surface area contributed by atoms with E-state index in [1.165, 1.54) is 18.5 Å². The van der Waals surface area contributed by atoms with Crippen molar-refractivity contribution in [2.24, 2.45) is 7.05 Å². The molecule has 19 heavy (non-hydrogen) atoms. The Balaban J connectivity index is 1.93. The molecule has 1 aromatic carbocycles. The Labute approximate surface area is 113 Å². The summed E-state index contributed by atoms with van der Waals surface area (Å²) >= 11 is 0. The first-order valence-electron chi connectivity index (χ1n) is 6.77. The fourth-order valence-electron chi connectivity index (χ4n) is 2.78. The minimum absolute atomic E-state index is 0.297. The largest absolute Gasteiger partial charge is 0.508 e. The highest BCUT2D eigenvalue weighted by Crippen LogP contribution is 2.27. The van der Waals surface area contributed by atoms with Crippen molar-refractivity contribution in [2.75, 3.05) is 6.54 Å². The molecule has 0 spiro atoms. The first-order chi connectivity index (χ1) is 9.24. The maximum Gasteiger partial charge on any atom is 0.116 e. The number of hydrogen-bond donors (Lipinski definition) is 2. The van der Waals surface area contributed by atoms with E-state index in [0.717, 1.165) is 24.1 Å². The standard InChI is InChI=1S/C15H19N3O/c1-18-15(9-12-5-3-7-16-12)14(10-17-18)11-4-2-6-13(19)8-11/h2,4,6,8,10,12,16,19H,3,5,7,9H2,1H3. The first kappa shape index (κ1) is 12.2. The van der Waals surface area contributed by atoms with E-state index in [9.17, 15) is 5.11 Å². The van der Waals surface area contributed by atoms with Crippen LogP contribution in [0.25, 0.3) is 11.1 Å². The van der Waals surface area contributed by atoms with Crippen molar-refractivity contribution in [1.29, 1.82) is 0 Å². The Morgan fingerprint density at radius 3 is 3.11 bits per heavy atom. The molecular weight excluding hydrogens is 238 g/mol. The van der Waals surface area contributed by atoms with Gasteiger partial charge in [0, 0.05) is 30.8 Å². The average molecular weight is 257 g/mol. The second-order valence-electron chi connectivity index (χ2n) is 5.18. The van der Waals surface area contributed by atoms with Crippen molar-refractivity contribution in [2.45, 2.75) is 25.3 Å². The zero-order valence-electron chi connectivity index (χ0n) is 11.1. The Bertz CT molecular complexity index is 571. The fourth-order valence-corrected chi connectivity index (χ4v) is 2.78. The van der Waals surface area contributed by atoms with Crippen molar-refractivity contribution >= 4 is 0 Å². The molecule has 0 aliphatic carbocycles. The number of aromatic hydroxyl groups is 1. The molecule has 4 nitrogen and oxygen atoms in total. The van der Waals surface area contributed by atoms with Crippen LogP contribution in [0.15, 0.2) is 30.5 Å². The third-order valence-corrected chi connectivity index (χ3v) is 3.82. The molecule has 1 aliphatic rings. The van der Waals surface area contributed by atoms with Gasteiger partial charge in [-0.05, 0) is 37.1 Å². The van der Waals surface area contributed by atoms with Crippen molar-refractivity contribution in [1.82, 2.24) is 15.1 Å². The van der Waals surface area contributed by atoms with E-state index in [1.54, 1.807) is 12.1 Å². The van der Waals surface area contributed by atoms with E-state index >= 15 is 0 Å². The lowest BCUT2D eigenvalue weighted by Crippen LogP contribution is -2.25. The van der Waals surface area contributed by atoms with Crippen LogP contribution in [-0.2, 0) is 13.5 Å². The van der Waals surface area contributed by atoms with Crippen LogP contribution in [0, 0.1) is 0 Å². The lowest BCUT2D eigenvalue weighted by Gasteiger charge is -2.12. The quantitative estimate of drug-likeness (QED) is 0.885. The highest BCUT2D eigenvalue weighted by Gasteiger charge is 2.19. The van der Waals surface area contributed by atoms with Gasteiger partial charge in [0.2, 0.25) is 0 Å². The zero-order chi connectivity index (χ0) is 13.2. The van der Waals surface area contributed by atoms with Crippen LogP contribution in [-0.4, -0.2) is 27.5 Å². The van der Waals surface area contributed by atoms with Gasteiger partial charge in [0.15, 0.2) is 0 Å². The van der Waals surface area contributed by atoms with Crippen LogP contribution in [0.1, 0.15) is 18.5 Å². The molecule has 0 bridgehead atoms. The van der Waals surface area contributed by atoms with Crippen LogP contribution < -0.4 is 5.32 Å². The molecule has 2 heterocycles. The number of nitrogens with one attached hydrogen (secondary N) is 1. The second-order valence-corrected chi connectivity index (χ2v) is 5.18. The van der Waals surface area contributed by atoms with Crippen LogP contribution in [0.2, 0.25) is 0 Å². The Morgan fingerprint density at radius 2 is 2.37 bits per heavy atom. The minimum atomic E-state index is 0.297. The van der Waals surface area contributed by atoms with E-state index in [4.69, 9.17) is 0 Å². The number of phenols is 1. The topological polar surface area (TPSA) is 50.1 Å². The highest BCUT2D eigenvalue weighted by atomic mass is 16.3. The van der Waals surface area contributed by atoms with Gasteiger partial charge in [-0.1, -0.05) is 12.1 Å². The van der Waals surface area contributed by atoms with Gasteiger partial charge in [0.1, 0.15) is 5.75 Å². The zero-order valence-corrected chi connectivity index (χ0v) is 11.1. The Hall–Kier alpha value is -1.81. The molecule has 0 radical (unpaired) electrons. The van der Waals surface area contributed by atoms with Gasteiger partial charge in [0.05, 0.1) is 6.20 Å². The van der Waals surface area contributed by atoms with Crippen LogP contribution in [0.3, 0.4) is 0 Å². The summed E-state index contributed by atoms with van der Waals surface area (Å²) in [6.07, 6.45) is 5.36. The lowest BCUT2D eigenvalue weighted by atomic mass is 10.0. The number of aromatic nitrogens is 2. The summed E-state index contributed by atoms with van der Waals surface area (Å²) in [5, 5.41) is 17.5. The third kappa shape index (κ3) is 2.49. The van der Waals surface area contributed by atoms with Gasteiger partial charge in [-0.25, -0.2) is 0 Å². The Kier molecular flexibility index (Phi) is 3.25. The summed E-state index contributed by atoms with van der Waals surface area (Å²) < 4.78 is 1.94.